The van der Waals surface area contributed by atoms with Crippen molar-refractivity contribution >= 4 is 5.78 Å². The third-order valence-corrected chi connectivity index (χ3v) is 7.91. The van der Waals surface area contributed by atoms with Crippen LogP contribution in [0.5, 0.6) is 0 Å². The minimum absolute atomic E-state index is 0.0262. The Balaban J connectivity index is 1.71. The van der Waals surface area contributed by atoms with Crippen LogP contribution in [-0.4, -0.2) is 5.78 Å². The van der Waals surface area contributed by atoms with Gasteiger partial charge in [-0.2, -0.15) is 0 Å². The van der Waals surface area contributed by atoms with Crippen LogP contribution >= 0.6 is 0 Å². The largest absolute Gasteiger partial charge is 0.294 e. The lowest BCUT2D eigenvalue weighted by Gasteiger charge is -2.58. The predicted molar refractivity (Wildman–Crippen MR) is 81.3 cm³/mol. The Labute approximate surface area is 123 Å². The fraction of sp³-hybridized carbons (Fsp3) is 0.842. The van der Waals surface area contributed by atoms with Crippen LogP contribution < -0.4 is 0 Å². The van der Waals surface area contributed by atoms with Crippen LogP contribution in [0.15, 0.2) is 12.2 Å². The van der Waals surface area contributed by atoms with Crippen LogP contribution in [-0.2, 0) is 4.79 Å². The summed E-state index contributed by atoms with van der Waals surface area (Å²) in [6.07, 6.45) is 14.9. The van der Waals surface area contributed by atoms with E-state index in [1.165, 1.54) is 44.9 Å². The average molecular weight is 272 g/mol. The summed E-state index contributed by atoms with van der Waals surface area (Å²) in [5.74, 6) is 3.51. The van der Waals surface area contributed by atoms with Gasteiger partial charge in [-0.05, 0) is 80.1 Å². The lowest BCUT2D eigenvalue weighted by molar-refractivity contribution is -0.145. The molecule has 3 fully saturated rings. The van der Waals surface area contributed by atoms with Crippen molar-refractivity contribution in [3.63, 3.8) is 0 Å². The Kier molecular flexibility index (Phi) is 2.76. The Bertz CT molecular complexity index is 464. The smallest absolute Gasteiger partial charge is 0.161 e. The highest BCUT2D eigenvalue weighted by Crippen LogP contribution is 2.64. The highest BCUT2D eigenvalue weighted by atomic mass is 16.1. The monoisotopic (exact) mass is 272 g/mol. The van der Waals surface area contributed by atoms with Gasteiger partial charge in [0.25, 0.3) is 0 Å². The van der Waals surface area contributed by atoms with Gasteiger partial charge in [-0.1, -0.05) is 26.3 Å². The minimum atomic E-state index is -0.0262. The molecule has 1 nitrogen and oxygen atoms in total. The van der Waals surface area contributed by atoms with Gasteiger partial charge in [0.2, 0.25) is 0 Å². The second kappa shape index (κ2) is 4.21. The molecule has 4 aliphatic rings. The summed E-state index contributed by atoms with van der Waals surface area (Å²) < 4.78 is 0. The third kappa shape index (κ3) is 1.53. The molecule has 110 valence electrons. The first-order chi connectivity index (χ1) is 9.56. The number of hydrogen-bond acceptors (Lipinski definition) is 1. The van der Waals surface area contributed by atoms with Crippen LogP contribution in [0.4, 0.5) is 0 Å². The van der Waals surface area contributed by atoms with E-state index in [1.807, 2.05) is 6.08 Å². The third-order valence-electron chi connectivity index (χ3n) is 7.91. The number of rotatable bonds is 0. The molecule has 0 amide bonds. The first kappa shape index (κ1) is 13.1. The summed E-state index contributed by atoms with van der Waals surface area (Å²) in [6.45, 7) is 4.86. The zero-order valence-electron chi connectivity index (χ0n) is 13.0. The van der Waals surface area contributed by atoms with Gasteiger partial charge in [0.05, 0.1) is 0 Å². The molecule has 0 spiro atoms. The molecule has 0 bridgehead atoms. The van der Waals surface area contributed by atoms with Gasteiger partial charge in [0.15, 0.2) is 5.78 Å². The summed E-state index contributed by atoms with van der Waals surface area (Å²) in [7, 11) is 0. The summed E-state index contributed by atoms with van der Waals surface area (Å²) in [4.78, 5) is 12.7. The molecule has 1 unspecified atom stereocenters. The summed E-state index contributed by atoms with van der Waals surface area (Å²) >= 11 is 0. The molecule has 0 aromatic heterocycles. The maximum absolute atomic E-state index is 12.7. The summed E-state index contributed by atoms with van der Waals surface area (Å²) in [5.41, 5.74) is 0.583. The van der Waals surface area contributed by atoms with Crippen molar-refractivity contribution < 1.29 is 4.79 Å². The molecule has 0 radical (unpaired) electrons. The summed E-state index contributed by atoms with van der Waals surface area (Å²) in [5, 5.41) is 0. The average Bonchev–Trinajstić information content (AvgIpc) is 2.82. The minimum Gasteiger partial charge on any atom is -0.294 e. The second-order valence-electron chi connectivity index (χ2n) is 8.52. The van der Waals surface area contributed by atoms with Gasteiger partial charge in [0, 0.05) is 5.41 Å². The Hall–Kier alpha value is -0.590. The zero-order valence-corrected chi connectivity index (χ0v) is 13.0. The highest BCUT2D eigenvalue weighted by Gasteiger charge is 2.59. The molecule has 4 rings (SSSR count). The van der Waals surface area contributed by atoms with Crippen LogP contribution in [0, 0.1) is 34.5 Å². The van der Waals surface area contributed by atoms with Gasteiger partial charge < -0.3 is 0 Å². The Morgan fingerprint density at radius 1 is 1.05 bits per heavy atom. The lowest BCUT2D eigenvalue weighted by atomic mass is 9.46. The fourth-order valence-electron chi connectivity index (χ4n) is 6.69. The standard InChI is InChI=1S/C19H28O/c1-18-11-4-6-15(18)14-9-8-13-5-3-7-17(20)19(13,2)16(14)10-12-18/h3,7,13-16H,4-6,8-12H2,1-2H3/t13?,14-,15-,16-,18-,19-/m0/s1. The summed E-state index contributed by atoms with van der Waals surface area (Å²) in [6, 6.07) is 0. The molecule has 0 heterocycles. The quantitative estimate of drug-likeness (QED) is 0.621. The maximum atomic E-state index is 12.7. The molecule has 20 heavy (non-hydrogen) atoms. The first-order valence-corrected chi connectivity index (χ1v) is 8.77. The van der Waals surface area contributed by atoms with E-state index in [0.29, 0.717) is 23.0 Å². The van der Waals surface area contributed by atoms with Gasteiger partial charge >= 0.3 is 0 Å². The number of allylic oxidation sites excluding steroid dienone is 2. The fourth-order valence-corrected chi connectivity index (χ4v) is 6.69. The molecular weight excluding hydrogens is 244 g/mol. The number of fused-ring (bicyclic) bond motifs is 5. The first-order valence-electron chi connectivity index (χ1n) is 8.77. The van der Waals surface area contributed by atoms with E-state index in [1.54, 1.807) is 0 Å². The molecular formula is C19H28O. The molecule has 0 N–H and O–H groups in total. The van der Waals surface area contributed by atoms with E-state index < -0.39 is 0 Å². The molecule has 0 aromatic carbocycles. The van der Waals surface area contributed by atoms with E-state index in [2.05, 4.69) is 19.9 Å². The van der Waals surface area contributed by atoms with Gasteiger partial charge in [0.1, 0.15) is 0 Å². The van der Waals surface area contributed by atoms with Crippen molar-refractivity contribution in [2.45, 2.75) is 65.2 Å². The van der Waals surface area contributed by atoms with E-state index in [9.17, 15) is 4.79 Å². The zero-order chi connectivity index (χ0) is 14.0. The number of carbonyl (C=O) groups is 1. The van der Waals surface area contributed by atoms with Crippen LogP contribution in [0.2, 0.25) is 0 Å². The number of ketones is 1. The highest BCUT2D eigenvalue weighted by molar-refractivity contribution is 5.96. The van der Waals surface area contributed by atoms with E-state index in [0.717, 1.165) is 18.3 Å². The van der Waals surface area contributed by atoms with Crippen molar-refractivity contribution in [3.8, 4) is 0 Å². The van der Waals surface area contributed by atoms with Crippen LogP contribution in [0.25, 0.3) is 0 Å². The maximum Gasteiger partial charge on any atom is 0.161 e. The predicted octanol–water partition coefficient (Wildman–Crippen LogP) is 4.76. The van der Waals surface area contributed by atoms with E-state index >= 15 is 0 Å². The molecule has 6 atom stereocenters. The Morgan fingerprint density at radius 3 is 2.75 bits per heavy atom. The molecule has 4 aliphatic carbocycles. The van der Waals surface area contributed by atoms with Crippen LogP contribution in [0.3, 0.4) is 0 Å². The molecule has 0 aromatic rings. The molecule has 0 saturated heterocycles. The van der Waals surface area contributed by atoms with Gasteiger partial charge in [-0.25, -0.2) is 0 Å². The van der Waals surface area contributed by atoms with E-state index in [4.69, 9.17) is 0 Å². The van der Waals surface area contributed by atoms with Crippen molar-refractivity contribution in [1.82, 2.24) is 0 Å². The Morgan fingerprint density at radius 2 is 1.90 bits per heavy atom. The molecule has 1 heteroatoms. The van der Waals surface area contributed by atoms with Crippen molar-refractivity contribution in [2.24, 2.45) is 34.5 Å². The molecule has 0 aliphatic heterocycles. The topological polar surface area (TPSA) is 17.1 Å². The second-order valence-corrected chi connectivity index (χ2v) is 8.52. The lowest BCUT2D eigenvalue weighted by Crippen LogP contribution is -2.54. The van der Waals surface area contributed by atoms with Crippen molar-refractivity contribution in [3.05, 3.63) is 12.2 Å². The van der Waals surface area contributed by atoms with Crippen LogP contribution in [0.1, 0.15) is 65.2 Å². The normalized spacial score (nSPS) is 54.2. The van der Waals surface area contributed by atoms with Gasteiger partial charge in [-0.15, -0.1) is 0 Å². The van der Waals surface area contributed by atoms with E-state index in [-0.39, 0.29) is 5.41 Å². The van der Waals surface area contributed by atoms with Crippen molar-refractivity contribution in [1.29, 1.82) is 0 Å². The number of hydrogen-bond donors (Lipinski definition) is 0. The SMILES string of the molecule is C[C@@]12CCC[C@H]1[C@@H]1CCC3CC=CC(=O)[C@]3(C)[C@H]1CC2. The van der Waals surface area contributed by atoms with Crippen molar-refractivity contribution in [2.75, 3.05) is 0 Å². The van der Waals surface area contributed by atoms with Gasteiger partial charge in [-0.3, -0.25) is 4.79 Å². The molecule has 3 saturated carbocycles. The number of carbonyl (C=O) groups excluding carboxylic acids is 1.